The van der Waals surface area contributed by atoms with E-state index in [0.717, 1.165) is 21.9 Å². The van der Waals surface area contributed by atoms with Crippen LogP contribution in [0.1, 0.15) is 5.56 Å². The van der Waals surface area contributed by atoms with Crippen LogP contribution < -0.4 is 20.3 Å². The molecule has 0 spiro atoms. The summed E-state index contributed by atoms with van der Waals surface area (Å²) in [6, 6.07) is 9.37. The molecule has 4 rings (SSSR count). The van der Waals surface area contributed by atoms with Crippen LogP contribution in [-0.4, -0.2) is 22.0 Å². The lowest BCUT2D eigenvalue weighted by atomic mass is 10.2. The first-order valence-corrected chi connectivity index (χ1v) is 7.81. The molecule has 0 radical (unpaired) electrons. The Bertz CT molecular complexity index is 892. The number of nitrogens with zero attached hydrogens (tertiary/aromatic N) is 2. The predicted octanol–water partition coefficient (Wildman–Crippen LogP) is 2.23. The van der Waals surface area contributed by atoms with Gasteiger partial charge < -0.3 is 14.8 Å². The maximum absolute atomic E-state index is 12.1. The minimum Gasteiger partial charge on any atom is -0.454 e. The highest BCUT2D eigenvalue weighted by atomic mass is 32.1. The molecule has 2 aromatic heterocycles. The van der Waals surface area contributed by atoms with Gasteiger partial charge in [0, 0.05) is 6.54 Å². The Balaban J connectivity index is 1.49. The molecule has 0 amide bonds. The fourth-order valence-corrected chi connectivity index (χ4v) is 2.93. The molecule has 0 aliphatic carbocycles. The minimum absolute atomic E-state index is 0.245. The average molecular weight is 328 g/mol. The van der Waals surface area contributed by atoms with Gasteiger partial charge in [-0.25, -0.2) is 0 Å². The van der Waals surface area contributed by atoms with Crippen LogP contribution in [0.3, 0.4) is 0 Å². The van der Waals surface area contributed by atoms with E-state index in [-0.39, 0.29) is 12.4 Å². The molecule has 1 aromatic carbocycles. The smallest absolute Gasteiger partial charge is 0.279 e. The Morgan fingerprint density at radius 3 is 2.96 bits per heavy atom. The average Bonchev–Trinajstić information content (AvgIpc) is 3.24. The van der Waals surface area contributed by atoms with Crippen LogP contribution in [0.25, 0.3) is 10.6 Å². The van der Waals surface area contributed by atoms with Crippen molar-refractivity contribution in [2.45, 2.75) is 6.54 Å². The fourth-order valence-electron chi connectivity index (χ4n) is 2.23. The Labute approximate surface area is 134 Å². The number of nitrogens with one attached hydrogen (secondary N) is 2. The molecular weight excluding hydrogens is 316 g/mol. The second-order valence-corrected chi connectivity index (χ2v) is 5.82. The van der Waals surface area contributed by atoms with E-state index in [1.165, 1.54) is 11.3 Å². The Kier molecular flexibility index (Phi) is 3.43. The summed E-state index contributed by atoms with van der Waals surface area (Å²) in [5.74, 6) is 1.78. The van der Waals surface area contributed by atoms with Crippen molar-refractivity contribution in [3.05, 3.63) is 51.6 Å². The van der Waals surface area contributed by atoms with E-state index in [2.05, 4.69) is 20.5 Å². The number of rotatable bonds is 4. The molecule has 0 saturated carbocycles. The molecule has 0 bridgehead atoms. The van der Waals surface area contributed by atoms with Crippen molar-refractivity contribution in [2.24, 2.45) is 0 Å². The Hall–Kier alpha value is -2.87. The van der Waals surface area contributed by atoms with Crippen LogP contribution in [0.5, 0.6) is 11.5 Å². The van der Waals surface area contributed by atoms with E-state index in [4.69, 9.17) is 9.47 Å². The van der Waals surface area contributed by atoms with E-state index >= 15 is 0 Å². The summed E-state index contributed by atoms with van der Waals surface area (Å²) in [5.41, 5.74) is 1.04. The van der Waals surface area contributed by atoms with Crippen molar-refractivity contribution in [1.29, 1.82) is 0 Å². The minimum atomic E-state index is -0.268. The fraction of sp³-hybridized carbons (Fsp3) is 0.133. The number of anilines is 1. The van der Waals surface area contributed by atoms with Gasteiger partial charge in [-0.1, -0.05) is 12.1 Å². The summed E-state index contributed by atoms with van der Waals surface area (Å²) in [7, 11) is 0. The number of fused-ring (bicyclic) bond motifs is 1. The normalized spacial score (nSPS) is 12.3. The van der Waals surface area contributed by atoms with E-state index < -0.39 is 0 Å². The molecule has 1 aliphatic heterocycles. The zero-order chi connectivity index (χ0) is 15.6. The highest BCUT2D eigenvalue weighted by Gasteiger charge is 2.13. The van der Waals surface area contributed by atoms with Crippen molar-refractivity contribution in [3.63, 3.8) is 0 Å². The van der Waals surface area contributed by atoms with Crippen LogP contribution in [0, 0.1) is 0 Å². The lowest BCUT2D eigenvalue weighted by Crippen LogP contribution is -2.16. The number of hydrogen-bond donors (Lipinski definition) is 2. The van der Waals surface area contributed by atoms with Crippen LogP contribution in [0.2, 0.25) is 0 Å². The lowest BCUT2D eigenvalue weighted by molar-refractivity contribution is 0.174. The van der Waals surface area contributed by atoms with E-state index in [9.17, 15) is 4.79 Å². The molecular formula is C15H12N4O3S. The predicted molar refractivity (Wildman–Crippen MR) is 85.9 cm³/mol. The first kappa shape index (κ1) is 13.8. The second kappa shape index (κ2) is 5.73. The van der Waals surface area contributed by atoms with Crippen molar-refractivity contribution in [3.8, 4) is 22.1 Å². The van der Waals surface area contributed by atoms with Crippen molar-refractivity contribution < 1.29 is 9.47 Å². The summed E-state index contributed by atoms with van der Waals surface area (Å²) >= 11 is 1.45. The number of aromatic amines is 1. The van der Waals surface area contributed by atoms with Crippen LogP contribution in [0.4, 0.5) is 5.95 Å². The highest BCUT2D eigenvalue weighted by Crippen LogP contribution is 2.32. The van der Waals surface area contributed by atoms with Gasteiger partial charge in [0.15, 0.2) is 17.2 Å². The zero-order valence-corrected chi connectivity index (χ0v) is 12.7. The number of hydrogen-bond acceptors (Lipinski definition) is 7. The molecule has 0 saturated heterocycles. The molecule has 8 heteroatoms. The number of thiophene rings is 1. The van der Waals surface area contributed by atoms with Gasteiger partial charge in [-0.05, 0) is 29.1 Å². The first-order valence-electron chi connectivity index (χ1n) is 6.93. The molecule has 7 nitrogen and oxygen atoms in total. The number of aromatic nitrogens is 3. The van der Waals surface area contributed by atoms with Gasteiger partial charge in [-0.2, -0.15) is 0 Å². The van der Waals surface area contributed by atoms with Gasteiger partial charge in [0.05, 0.1) is 4.88 Å². The van der Waals surface area contributed by atoms with Gasteiger partial charge in [-0.3, -0.25) is 9.78 Å². The molecule has 23 heavy (non-hydrogen) atoms. The van der Waals surface area contributed by atoms with Gasteiger partial charge in [0.2, 0.25) is 12.7 Å². The molecule has 3 heterocycles. The van der Waals surface area contributed by atoms with Crippen molar-refractivity contribution >= 4 is 17.3 Å². The largest absolute Gasteiger partial charge is 0.454 e. The summed E-state index contributed by atoms with van der Waals surface area (Å²) < 4.78 is 10.6. The van der Waals surface area contributed by atoms with Gasteiger partial charge in [0.25, 0.3) is 5.56 Å². The zero-order valence-electron chi connectivity index (χ0n) is 11.9. The molecule has 116 valence electrons. The third kappa shape index (κ3) is 2.76. The summed E-state index contributed by atoms with van der Waals surface area (Å²) in [5, 5.41) is 13.0. The third-order valence-electron chi connectivity index (χ3n) is 3.35. The van der Waals surface area contributed by atoms with Crippen molar-refractivity contribution in [1.82, 2.24) is 15.2 Å². The molecule has 0 fully saturated rings. The Morgan fingerprint density at radius 2 is 2.13 bits per heavy atom. The molecule has 1 aliphatic rings. The highest BCUT2D eigenvalue weighted by molar-refractivity contribution is 7.13. The number of benzene rings is 1. The van der Waals surface area contributed by atoms with Gasteiger partial charge in [0.1, 0.15) is 0 Å². The van der Waals surface area contributed by atoms with E-state index in [1.54, 1.807) is 0 Å². The third-order valence-corrected chi connectivity index (χ3v) is 4.23. The molecule has 0 unspecified atom stereocenters. The van der Waals surface area contributed by atoms with Crippen LogP contribution in [0.15, 0.2) is 40.5 Å². The summed E-state index contributed by atoms with van der Waals surface area (Å²) in [4.78, 5) is 15.6. The van der Waals surface area contributed by atoms with Gasteiger partial charge in [-0.15, -0.1) is 21.5 Å². The molecule has 0 atom stereocenters. The van der Waals surface area contributed by atoms with Crippen molar-refractivity contribution in [2.75, 3.05) is 12.1 Å². The standard InChI is InChI=1S/C15H12N4O3S/c20-14-13(12-2-1-5-23-12)18-19-15(17-14)16-7-9-3-4-10-11(6-9)22-8-21-10/h1-6H,7-8H2,(H2,16,17,19,20). The second-order valence-electron chi connectivity index (χ2n) is 4.87. The topological polar surface area (TPSA) is 89.1 Å². The first-order chi connectivity index (χ1) is 11.3. The lowest BCUT2D eigenvalue weighted by Gasteiger charge is -2.06. The van der Waals surface area contributed by atoms with Crippen LogP contribution >= 0.6 is 11.3 Å². The van der Waals surface area contributed by atoms with E-state index in [1.807, 2.05) is 35.7 Å². The van der Waals surface area contributed by atoms with Gasteiger partial charge >= 0.3 is 0 Å². The SMILES string of the molecule is O=c1[nH]c(NCc2ccc3c(c2)OCO3)nnc1-c1cccs1. The monoisotopic (exact) mass is 328 g/mol. The summed E-state index contributed by atoms with van der Waals surface area (Å²) in [6.07, 6.45) is 0. The summed E-state index contributed by atoms with van der Waals surface area (Å²) in [6.45, 7) is 0.731. The van der Waals surface area contributed by atoms with E-state index in [0.29, 0.717) is 18.2 Å². The number of H-pyrrole nitrogens is 1. The number of ether oxygens (including phenoxy) is 2. The van der Waals surface area contributed by atoms with Crippen LogP contribution in [-0.2, 0) is 6.54 Å². The molecule has 3 aromatic rings. The quantitative estimate of drug-likeness (QED) is 0.763. The molecule has 2 N–H and O–H groups in total. The maximum atomic E-state index is 12.1. The maximum Gasteiger partial charge on any atom is 0.279 e. The Morgan fingerprint density at radius 1 is 1.22 bits per heavy atom.